The zero-order valence-electron chi connectivity index (χ0n) is 18.8. The third-order valence-corrected chi connectivity index (χ3v) is 5.65. The van der Waals surface area contributed by atoms with Crippen molar-refractivity contribution in [2.24, 2.45) is 0 Å². The van der Waals surface area contributed by atoms with Crippen LogP contribution in [0.2, 0.25) is 0 Å². The highest BCUT2D eigenvalue weighted by molar-refractivity contribution is 5.99. The van der Waals surface area contributed by atoms with Gasteiger partial charge in [0.15, 0.2) is 0 Å². The number of ether oxygens (including phenoxy) is 1. The van der Waals surface area contributed by atoms with Gasteiger partial charge >= 0.3 is 6.18 Å². The number of nitrogens with zero attached hydrogens (tertiary/aromatic N) is 1. The topological polar surface area (TPSA) is 125 Å². The Hall–Kier alpha value is -4.19. The fourth-order valence-electron chi connectivity index (χ4n) is 3.74. The van der Waals surface area contributed by atoms with Gasteiger partial charge in [0.1, 0.15) is 5.54 Å². The van der Waals surface area contributed by atoms with Crippen molar-refractivity contribution < 1.29 is 27.5 Å². The Kier molecular flexibility index (Phi) is 7.06. The molecule has 4 rings (SSSR count). The highest BCUT2D eigenvalue weighted by Gasteiger charge is 2.43. The molecule has 3 aromatic rings. The fourth-order valence-corrected chi connectivity index (χ4v) is 3.74. The second-order valence-electron chi connectivity index (χ2n) is 8.22. The van der Waals surface area contributed by atoms with E-state index in [1.54, 1.807) is 24.3 Å². The minimum Gasteiger partial charge on any atom is -0.378 e. The first-order chi connectivity index (χ1) is 17.2. The summed E-state index contributed by atoms with van der Waals surface area (Å²) >= 11 is 0. The summed E-state index contributed by atoms with van der Waals surface area (Å²) in [6, 6.07) is 12.8. The van der Waals surface area contributed by atoms with Gasteiger partial charge in [-0.2, -0.15) is 18.3 Å². The second-order valence-corrected chi connectivity index (χ2v) is 8.22. The number of aromatic nitrogens is 2. The Morgan fingerprint density at radius 3 is 2.53 bits per heavy atom. The largest absolute Gasteiger partial charge is 0.418 e. The zero-order chi connectivity index (χ0) is 25.8. The molecule has 4 N–H and O–H groups in total. The number of carbonyl (C=O) groups excluding carboxylic acids is 2. The number of aromatic amines is 1. The van der Waals surface area contributed by atoms with Crippen LogP contribution in [0.5, 0.6) is 0 Å². The number of hydrogen-bond acceptors (Lipinski definition) is 6. The van der Waals surface area contributed by atoms with Crippen LogP contribution >= 0.6 is 0 Å². The van der Waals surface area contributed by atoms with Crippen molar-refractivity contribution in [3.63, 3.8) is 0 Å². The van der Waals surface area contributed by atoms with E-state index in [0.29, 0.717) is 11.3 Å². The molecule has 0 bridgehead atoms. The molecule has 1 aromatic heterocycles. The van der Waals surface area contributed by atoms with E-state index >= 15 is 0 Å². The minimum atomic E-state index is -4.49. The van der Waals surface area contributed by atoms with Crippen LogP contribution < -0.4 is 21.5 Å². The first-order valence-corrected chi connectivity index (χ1v) is 10.9. The van der Waals surface area contributed by atoms with Crippen molar-refractivity contribution >= 4 is 23.2 Å². The maximum Gasteiger partial charge on any atom is 0.418 e. The number of benzene rings is 2. The monoisotopic (exact) mass is 501 g/mol. The number of halogens is 3. The lowest BCUT2D eigenvalue weighted by atomic mass is 9.96. The van der Waals surface area contributed by atoms with Gasteiger partial charge in [-0.3, -0.25) is 14.4 Å². The third kappa shape index (κ3) is 5.71. The Labute approximate surface area is 203 Å². The number of H-pyrrole nitrogens is 1. The summed E-state index contributed by atoms with van der Waals surface area (Å²) in [6.07, 6.45) is -3.07. The number of anilines is 2. The first-order valence-electron chi connectivity index (χ1n) is 10.9. The predicted molar refractivity (Wildman–Crippen MR) is 124 cm³/mol. The van der Waals surface area contributed by atoms with Crippen LogP contribution in [0.15, 0.2) is 65.6 Å². The predicted octanol–water partition coefficient (Wildman–Crippen LogP) is 2.74. The molecule has 188 valence electrons. The minimum absolute atomic E-state index is 0.00742. The lowest BCUT2D eigenvalue weighted by Crippen LogP contribution is -2.59. The number of alkyl halides is 3. The molecule has 0 unspecified atom stereocenters. The molecule has 1 atom stereocenters. The van der Waals surface area contributed by atoms with Crippen molar-refractivity contribution in [1.29, 1.82) is 0 Å². The Morgan fingerprint density at radius 2 is 1.86 bits per heavy atom. The van der Waals surface area contributed by atoms with Gasteiger partial charge in [-0.25, -0.2) is 5.10 Å². The third-order valence-electron chi connectivity index (χ3n) is 5.65. The number of nitrogens with one attached hydrogen (secondary N) is 4. The summed E-state index contributed by atoms with van der Waals surface area (Å²) in [5.74, 6) is -1.10. The summed E-state index contributed by atoms with van der Waals surface area (Å²) in [4.78, 5) is 37.0. The van der Waals surface area contributed by atoms with Gasteiger partial charge < -0.3 is 20.7 Å². The average molecular weight is 501 g/mol. The summed E-state index contributed by atoms with van der Waals surface area (Å²) < 4.78 is 45.0. The maximum absolute atomic E-state index is 13.2. The van der Waals surface area contributed by atoms with Gasteiger partial charge in [0.2, 0.25) is 5.91 Å². The molecule has 2 aromatic carbocycles. The molecule has 0 aliphatic carbocycles. The summed E-state index contributed by atoms with van der Waals surface area (Å²) in [5.41, 5.74) is -1.57. The van der Waals surface area contributed by atoms with Crippen LogP contribution in [0.4, 0.5) is 24.5 Å². The molecular formula is C24H22F3N5O4. The van der Waals surface area contributed by atoms with E-state index in [1.165, 1.54) is 24.4 Å². The van der Waals surface area contributed by atoms with E-state index in [-0.39, 0.29) is 37.4 Å². The van der Waals surface area contributed by atoms with Crippen LogP contribution in [-0.4, -0.2) is 40.8 Å². The lowest BCUT2D eigenvalue weighted by molar-refractivity contribution is -0.137. The average Bonchev–Trinajstić information content (AvgIpc) is 3.33. The lowest BCUT2D eigenvalue weighted by Gasteiger charge is -2.27. The van der Waals surface area contributed by atoms with Crippen LogP contribution in [0.1, 0.15) is 27.9 Å². The Morgan fingerprint density at radius 1 is 1.11 bits per heavy atom. The Bertz CT molecular complexity index is 1300. The van der Waals surface area contributed by atoms with Gasteiger partial charge in [0.05, 0.1) is 29.6 Å². The highest BCUT2D eigenvalue weighted by Crippen LogP contribution is 2.35. The van der Waals surface area contributed by atoms with Gasteiger partial charge in [-0.05, 0) is 29.8 Å². The summed E-state index contributed by atoms with van der Waals surface area (Å²) in [6.45, 7) is 0.339. The van der Waals surface area contributed by atoms with E-state index in [2.05, 4.69) is 26.1 Å². The number of amides is 2. The molecule has 1 fully saturated rings. The number of rotatable bonds is 7. The van der Waals surface area contributed by atoms with Crippen LogP contribution in [-0.2, 0) is 22.3 Å². The molecule has 0 spiro atoms. The first kappa shape index (κ1) is 24.9. The van der Waals surface area contributed by atoms with E-state index in [4.69, 9.17) is 4.74 Å². The van der Waals surface area contributed by atoms with Gasteiger partial charge in [0.25, 0.3) is 11.5 Å². The van der Waals surface area contributed by atoms with Crippen molar-refractivity contribution in [2.75, 3.05) is 18.5 Å². The smallest absolute Gasteiger partial charge is 0.378 e. The quantitative estimate of drug-likeness (QED) is 0.395. The van der Waals surface area contributed by atoms with E-state index in [0.717, 1.165) is 12.1 Å². The molecule has 1 aliphatic heterocycles. The maximum atomic E-state index is 13.2. The van der Waals surface area contributed by atoms with Gasteiger partial charge in [0, 0.05) is 31.3 Å². The number of carbonyl (C=O) groups is 2. The molecule has 0 saturated carbocycles. The molecule has 0 radical (unpaired) electrons. The van der Waals surface area contributed by atoms with E-state index in [9.17, 15) is 27.6 Å². The highest BCUT2D eigenvalue weighted by atomic mass is 19.4. The zero-order valence-corrected chi connectivity index (χ0v) is 18.8. The van der Waals surface area contributed by atoms with Crippen molar-refractivity contribution in [1.82, 2.24) is 20.8 Å². The molecule has 2 heterocycles. The number of para-hydroxylation sites is 1. The van der Waals surface area contributed by atoms with E-state index < -0.39 is 34.7 Å². The molecule has 9 nitrogen and oxygen atoms in total. The van der Waals surface area contributed by atoms with Gasteiger partial charge in [-0.15, -0.1) is 0 Å². The van der Waals surface area contributed by atoms with Crippen molar-refractivity contribution in [2.45, 2.75) is 24.7 Å². The van der Waals surface area contributed by atoms with Crippen LogP contribution in [0.3, 0.4) is 0 Å². The van der Waals surface area contributed by atoms with Crippen LogP contribution in [0, 0.1) is 0 Å². The van der Waals surface area contributed by atoms with Gasteiger partial charge in [-0.1, -0.05) is 24.3 Å². The Balaban J connectivity index is 1.39. The summed E-state index contributed by atoms with van der Waals surface area (Å²) in [7, 11) is 0. The van der Waals surface area contributed by atoms with Crippen molar-refractivity contribution in [3.05, 3.63) is 87.8 Å². The van der Waals surface area contributed by atoms with Crippen molar-refractivity contribution in [3.8, 4) is 0 Å². The molecule has 12 heteroatoms. The molecular weight excluding hydrogens is 479 g/mol. The fraction of sp³-hybridized carbons (Fsp3) is 0.250. The molecule has 2 amide bonds. The molecule has 36 heavy (non-hydrogen) atoms. The summed E-state index contributed by atoms with van der Waals surface area (Å²) in [5, 5.41) is 13.9. The SMILES string of the molecule is O=C(N[C@@]1(C(=O)NCc2ccc(Nc3ccccc3C(F)(F)F)cc2)CCOC1)c1cn[nH]c(=O)c1. The number of hydrogen-bond donors (Lipinski definition) is 4. The second kappa shape index (κ2) is 10.2. The van der Waals surface area contributed by atoms with Crippen LogP contribution in [0.25, 0.3) is 0 Å². The normalized spacial score (nSPS) is 17.4. The molecule has 1 saturated heterocycles. The standard InChI is InChI=1S/C24H22F3N5O4/c25-24(26,27)18-3-1-2-4-19(18)30-17-7-5-15(6-8-17)12-28-22(35)23(9-10-36-14-23)31-21(34)16-11-20(33)32-29-13-16/h1-8,11,13,30H,9-10,12,14H2,(H,28,35)(H,31,34)(H,32,33)/t23-/m0/s1. The molecule has 1 aliphatic rings. The van der Waals surface area contributed by atoms with E-state index in [1.807, 2.05) is 0 Å².